The summed E-state index contributed by atoms with van der Waals surface area (Å²) in [6.45, 7) is 0.199. The van der Waals surface area contributed by atoms with E-state index in [0.29, 0.717) is 11.2 Å². The topological polar surface area (TPSA) is 140 Å². The Morgan fingerprint density at radius 2 is 2.05 bits per heavy atom. The number of nitrogens with zero attached hydrogens (tertiary/aromatic N) is 4. The van der Waals surface area contributed by atoms with Crippen molar-refractivity contribution in [2.24, 2.45) is 0 Å². The third-order valence-corrected chi connectivity index (χ3v) is 3.41. The molecule has 0 radical (unpaired) electrons. The van der Waals surface area contributed by atoms with E-state index in [0.717, 1.165) is 0 Å². The van der Waals surface area contributed by atoms with E-state index in [2.05, 4.69) is 15.0 Å². The number of hydrogen-bond donors (Lipinski definition) is 4. The second-order valence-electron chi connectivity index (χ2n) is 4.75. The summed E-state index contributed by atoms with van der Waals surface area (Å²) in [5, 5.41) is 29.0. The van der Waals surface area contributed by atoms with Crippen LogP contribution in [-0.2, 0) is 11.3 Å². The summed E-state index contributed by atoms with van der Waals surface area (Å²) in [4.78, 5) is 12.0. The number of nitrogens with two attached hydrogens (primary N) is 1. The number of nitrogen functional groups attached to an aromatic ring is 1. The van der Waals surface area contributed by atoms with Crippen LogP contribution in [0.5, 0.6) is 0 Å². The van der Waals surface area contributed by atoms with Gasteiger partial charge < -0.3 is 30.4 Å². The molecule has 3 heterocycles. The van der Waals surface area contributed by atoms with Gasteiger partial charge in [-0.05, 0) is 0 Å². The maximum absolute atomic E-state index is 9.91. The van der Waals surface area contributed by atoms with E-state index in [1.807, 2.05) is 0 Å². The Labute approximate surface area is 113 Å². The first-order valence-electron chi connectivity index (χ1n) is 6.15. The Balaban J connectivity index is 1.85. The van der Waals surface area contributed by atoms with Gasteiger partial charge in [-0.3, -0.25) is 0 Å². The lowest BCUT2D eigenvalue weighted by atomic mass is 10.00. The van der Waals surface area contributed by atoms with Crippen LogP contribution in [0.25, 0.3) is 11.2 Å². The Morgan fingerprint density at radius 3 is 2.85 bits per heavy atom. The van der Waals surface area contributed by atoms with Gasteiger partial charge in [-0.2, -0.15) is 0 Å². The van der Waals surface area contributed by atoms with Gasteiger partial charge in [-0.25, -0.2) is 15.0 Å². The van der Waals surface area contributed by atoms with Crippen LogP contribution in [0.2, 0.25) is 0 Å². The van der Waals surface area contributed by atoms with Crippen LogP contribution in [0.15, 0.2) is 12.7 Å². The molecule has 108 valence electrons. The van der Waals surface area contributed by atoms with Crippen molar-refractivity contribution in [1.82, 2.24) is 19.5 Å². The summed E-state index contributed by atoms with van der Waals surface area (Å²) in [7, 11) is 0. The predicted octanol–water partition coefficient (Wildman–Crippen LogP) is -2.11. The highest BCUT2D eigenvalue weighted by Crippen LogP contribution is 2.20. The molecule has 9 heteroatoms. The van der Waals surface area contributed by atoms with Gasteiger partial charge in [0.1, 0.15) is 36.3 Å². The molecule has 3 rings (SSSR count). The maximum atomic E-state index is 9.91. The lowest BCUT2D eigenvalue weighted by Crippen LogP contribution is -2.54. The summed E-state index contributed by atoms with van der Waals surface area (Å²) >= 11 is 0. The molecule has 1 saturated heterocycles. The molecule has 0 spiro atoms. The third-order valence-electron chi connectivity index (χ3n) is 3.41. The number of ether oxygens (including phenoxy) is 1. The van der Waals surface area contributed by atoms with Crippen LogP contribution in [-0.4, -0.2) is 65.9 Å². The molecule has 0 bridgehead atoms. The monoisotopic (exact) mass is 281 g/mol. The fraction of sp³-hybridized carbons (Fsp3) is 0.545. The predicted molar refractivity (Wildman–Crippen MR) is 67.5 cm³/mol. The smallest absolute Gasteiger partial charge is 0.165 e. The number of rotatable bonds is 2. The molecular formula is C11H15N5O4. The second kappa shape index (κ2) is 4.94. The van der Waals surface area contributed by atoms with Crippen LogP contribution < -0.4 is 5.73 Å². The number of hydrogen-bond acceptors (Lipinski definition) is 8. The van der Waals surface area contributed by atoms with Gasteiger partial charge >= 0.3 is 0 Å². The van der Waals surface area contributed by atoms with Crippen molar-refractivity contribution in [2.45, 2.75) is 31.0 Å². The van der Waals surface area contributed by atoms with Gasteiger partial charge in [0.2, 0.25) is 0 Å². The number of anilines is 1. The lowest BCUT2D eigenvalue weighted by molar-refractivity contribution is -0.189. The summed E-state index contributed by atoms with van der Waals surface area (Å²) in [5.41, 5.74) is 6.68. The average Bonchev–Trinajstić information content (AvgIpc) is 2.84. The molecule has 1 aliphatic heterocycles. The van der Waals surface area contributed by atoms with E-state index < -0.39 is 24.4 Å². The molecule has 1 aliphatic rings. The molecule has 0 aromatic carbocycles. The molecule has 0 amide bonds. The number of imidazole rings is 1. The highest BCUT2D eigenvalue weighted by atomic mass is 16.5. The fourth-order valence-electron chi connectivity index (χ4n) is 2.25. The number of fused-ring (bicyclic) bond motifs is 1. The van der Waals surface area contributed by atoms with Gasteiger partial charge in [0.05, 0.1) is 19.5 Å². The SMILES string of the molecule is Nc1ncnc2c1ncn2C[C@H]1OC[C@@H](O)[C@@H](O)[C@H]1O. The van der Waals surface area contributed by atoms with Crippen LogP contribution in [0.3, 0.4) is 0 Å². The molecule has 20 heavy (non-hydrogen) atoms. The largest absolute Gasteiger partial charge is 0.388 e. The molecule has 1 fully saturated rings. The van der Waals surface area contributed by atoms with Gasteiger partial charge in [0, 0.05) is 0 Å². The van der Waals surface area contributed by atoms with Crippen LogP contribution >= 0.6 is 0 Å². The van der Waals surface area contributed by atoms with Crippen LogP contribution in [0.1, 0.15) is 0 Å². The Bertz CT molecular complexity index is 618. The highest BCUT2D eigenvalue weighted by molar-refractivity contribution is 5.81. The van der Waals surface area contributed by atoms with Crippen molar-refractivity contribution >= 4 is 17.0 Å². The first kappa shape index (κ1) is 13.2. The van der Waals surface area contributed by atoms with Crippen LogP contribution in [0.4, 0.5) is 5.82 Å². The first-order chi connectivity index (χ1) is 9.58. The van der Waals surface area contributed by atoms with E-state index in [-0.39, 0.29) is 19.0 Å². The summed E-state index contributed by atoms with van der Waals surface area (Å²) in [6, 6.07) is 0. The molecule has 0 unspecified atom stereocenters. The standard InChI is InChI=1S/C11H15N5O4/c12-10-7-11(14-3-13-10)16(4-15-7)1-6-9(19)8(18)5(17)2-20-6/h3-6,8-9,17-19H,1-2H2,(H2,12,13,14)/t5-,6-,8-,9+/m1/s1. The van der Waals surface area contributed by atoms with E-state index in [9.17, 15) is 15.3 Å². The lowest BCUT2D eigenvalue weighted by Gasteiger charge is -2.35. The van der Waals surface area contributed by atoms with Gasteiger partial charge in [-0.1, -0.05) is 0 Å². The number of aliphatic hydroxyl groups is 3. The van der Waals surface area contributed by atoms with E-state index in [4.69, 9.17) is 10.5 Å². The van der Waals surface area contributed by atoms with Crippen molar-refractivity contribution in [3.63, 3.8) is 0 Å². The third kappa shape index (κ3) is 2.10. The number of aliphatic hydroxyl groups excluding tert-OH is 3. The van der Waals surface area contributed by atoms with Crippen LogP contribution in [0, 0.1) is 0 Å². The van der Waals surface area contributed by atoms with Crippen molar-refractivity contribution in [3.8, 4) is 0 Å². The van der Waals surface area contributed by atoms with Crippen molar-refractivity contribution in [2.75, 3.05) is 12.3 Å². The Morgan fingerprint density at radius 1 is 1.25 bits per heavy atom. The molecule has 5 N–H and O–H groups in total. The molecule has 9 nitrogen and oxygen atoms in total. The van der Waals surface area contributed by atoms with Crippen molar-refractivity contribution < 1.29 is 20.1 Å². The average molecular weight is 281 g/mol. The summed E-state index contributed by atoms with van der Waals surface area (Å²) in [5.74, 6) is 0.273. The van der Waals surface area contributed by atoms with E-state index in [1.54, 1.807) is 4.57 Å². The molecule has 0 aliphatic carbocycles. The van der Waals surface area contributed by atoms with Gasteiger partial charge in [0.25, 0.3) is 0 Å². The van der Waals surface area contributed by atoms with E-state index >= 15 is 0 Å². The zero-order valence-corrected chi connectivity index (χ0v) is 10.5. The quantitative estimate of drug-likeness (QED) is 0.490. The van der Waals surface area contributed by atoms with Gasteiger partial charge in [-0.15, -0.1) is 0 Å². The summed E-state index contributed by atoms with van der Waals surface area (Å²) < 4.78 is 7.00. The normalized spacial score (nSPS) is 30.8. The first-order valence-corrected chi connectivity index (χ1v) is 6.15. The molecule has 4 atom stereocenters. The minimum atomic E-state index is -1.23. The second-order valence-corrected chi connectivity index (χ2v) is 4.75. The molecule has 0 saturated carbocycles. The van der Waals surface area contributed by atoms with Crippen molar-refractivity contribution in [3.05, 3.63) is 12.7 Å². The fourth-order valence-corrected chi connectivity index (χ4v) is 2.25. The molecular weight excluding hydrogens is 266 g/mol. The zero-order chi connectivity index (χ0) is 14.3. The molecule has 2 aromatic heterocycles. The Kier molecular flexibility index (Phi) is 3.26. The van der Waals surface area contributed by atoms with Gasteiger partial charge in [0.15, 0.2) is 11.5 Å². The summed E-state index contributed by atoms with van der Waals surface area (Å²) in [6.07, 6.45) is -1.32. The minimum absolute atomic E-state index is 0.0351. The van der Waals surface area contributed by atoms with Crippen molar-refractivity contribution in [1.29, 1.82) is 0 Å². The van der Waals surface area contributed by atoms with E-state index in [1.165, 1.54) is 12.7 Å². The highest BCUT2D eigenvalue weighted by Gasteiger charge is 2.37. The minimum Gasteiger partial charge on any atom is -0.388 e. The number of aromatic nitrogens is 4. The Hall–Kier alpha value is -1.81. The maximum Gasteiger partial charge on any atom is 0.165 e. The molecule has 2 aromatic rings. The zero-order valence-electron chi connectivity index (χ0n) is 10.5.